The zero-order chi connectivity index (χ0) is 15.3. The molecule has 2 rings (SSSR count). The van der Waals surface area contributed by atoms with Crippen LogP contribution in [0.2, 0.25) is 0 Å². The molecule has 1 fully saturated rings. The minimum Gasteiger partial charge on any atom is -0.378 e. The summed E-state index contributed by atoms with van der Waals surface area (Å²) in [6, 6.07) is 0.319. The summed E-state index contributed by atoms with van der Waals surface area (Å²) >= 11 is 1.18. The second-order valence-electron chi connectivity index (χ2n) is 5.36. The van der Waals surface area contributed by atoms with Crippen LogP contribution in [0.25, 0.3) is 0 Å². The van der Waals surface area contributed by atoms with E-state index in [2.05, 4.69) is 9.71 Å². The third kappa shape index (κ3) is 5.30. The van der Waals surface area contributed by atoms with E-state index >= 15 is 0 Å². The van der Waals surface area contributed by atoms with Crippen molar-refractivity contribution in [3.63, 3.8) is 0 Å². The van der Waals surface area contributed by atoms with Crippen molar-refractivity contribution >= 4 is 21.4 Å². The number of hydrogen-bond donors (Lipinski definition) is 2. The van der Waals surface area contributed by atoms with E-state index in [1.807, 2.05) is 0 Å². The third-order valence-corrected chi connectivity index (χ3v) is 6.39. The average Bonchev–Trinajstić information content (AvgIpc) is 2.88. The Balaban J connectivity index is 1.63. The van der Waals surface area contributed by atoms with Crippen molar-refractivity contribution in [3.8, 4) is 0 Å². The highest BCUT2D eigenvalue weighted by Crippen LogP contribution is 2.20. The lowest BCUT2D eigenvalue weighted by molar-refractivity contribution is 0.0245. The number of hydrogen-bond acceptors (Lipinski definition) is 6. The van der Waals surface area contributed by atoms with Crippen molar-refractivity contribution in [2.24, 2.45) is 5.73 Å². The fourth-order valence-corrected chi connectivity index (χ4v) is 4.55. The largest absolute Gasteiger partial charge is 0.378 e. The van der Waals surface area contributed by atoms with Gasteiger partial charge in [-0.2, -0.15) is 0 Å². The second-order valence-corrected chi connectivity index (χ2v) is 8.59. The summed E-state index contributed by atoms with van der Waals surface area (Å²) in [7, 11) is -3.42. The summed E-state index contributed by atoms with van der Waals surface area (Å²) in [4.78, 5) is 3.96. The van der Waals surface area contributed by atoms with Crippen molar-refractivity contribution < 1.29 is 13.2 Å². The normalized spacial score (nSPS) is 23.3. The van der Waals surface area contributed by atoms with Crippen LogP contribution in [0.1, 0.15) is 37.1 Å². The fraction of sp³-hybridized carbons (Fsp3) is 0.769. The molecule has 6 nitrogen and oxygen atoms in total. The van der Waals surface area contributed by atoms with Gasteiger partial charge in [0.15, 0.2) is 4.21 Å². The SMILES string of the molecule is Cc1ncc(S(=O)(=O)NCCCOC2CCC(N)CC2)s1. The lowest BCUT2D eigenvalue weighted by atomic mass is 9.94. The van der Waals surface area contributed by atoms with Crippen LogP contribution in [0.4, 0.5) is 0 Å². The van der Waals surface area contributed by atoms with Crippen LogP contribution < -0.4 is 10.5 Å². The number of nitrogens with one attached hydrogen (secondary N) is 1. The number of thiazole rings is 1. The minimum absolute atomic E-state index is 0.266. The zero-order valence-corrected chi connectivity index (χ0v) is 13.9. The topological polar surface area (TPSA) is 94.3 Å². The molecule has 1 heterocycles. The van der Waals surface area contributed by atoms with E-state index in [4.69, 9.17) is 10.5 Å². The predicted octanol–water partition coefficient (Wildman–Crippen LogP) is 1.41. The van der Waals surface area contributed by atoms with Crippen LogP contribution >= 0.6 is 11.3 Å². The van der Waals surface area contributed by atoms with Crippen LogP contribution in [-0.2, 0) is 14.8 Å². The standard InChI is InChI=1S/C13H23N3O3S2/c1-10-15-9-13(20-10)21(17,18)16-7-2-8-19-12-5-3-11(14)4-6-12/h9,11-12,16H,2-8,14H2,1H3. The lowest BCUT2D eigenvalue weighted by Crippen LogP contribution is -2.31. The predicted molar refractivity (Wildman–Crippen MR) is 82.8 cm³/mol. The van der Waals surface area contributed by atoms with Gasteiger partial charge in [-0.25, -0.2) is 18.1 Å². The van der Waals surface area contributed by atoms with Crippen LogP contribution in [0.5, 0.6) is 0 Å². The lowest BCUT2D eigenvalue weighted by Gasteiger charge is -2.26. The van der Waals surface area contributed by atoms with Gasteiger partial charge in [-0.15, -0.1) is 11.3 Å². The van der Waals surface area contributed by atoms with Gasteiger partial charge >= 0.3 is 0 Å². The zero-order valence-electron chi connectivity index (χ0n) is 12.2. The Labute approximate surface area is 130 Å². The molecular formula is C13H23N3O3S2. The van der Waals surface area contributed by atoms with Crippen molar-refractivity contribution in [1.29, 1.82) is 0 Å². The van der Waals surface area contributed by atoms with Crippen LogP contribution in [-0.4, -0.2) is 38.7 Å². The summed E-state index contributed by atoms with van der Waals surface area (Å²) in [6.07, 6.45) is 6.39. The summed E-state index contributed by atoms with van der Waals surface area (Å²) in [5.74, 6) is 0. The number of ether oxygens (including phenoxy) is 1. The summed E-state index contributed by atoms with van der Waals surface area (Å²) in [5, 5.41) is 0.745. The molecule has 1 aliphatic rings. The number of nitrogens with two attached hydrogens (primary N) is 1. The molecule has 21 heavy (non-hydrogen) atoms. The molecule has 1 aliphatic carbocycles. The maximum absolute atomic E-state index is 12.0. The van der Waals surface area contributed by atoms with Gasteiger partial charge in [-0.3, -0.25) is 0 Å². The maximum Gasteiger partial charge on any atom is 0.251 e. The van der Waals surface area contributed by atoms with Gasteiger partial charge in [0, 0.05) is 19.2 Å². The molecule has 120 valence electrons. The third-order valence-electron chi connectivity index (χ3n) is 3.55. The first-order valence-electron chi connectivity index (χ1n) is 7.26. The molecular weight excluding hydrogens is 310 g/mol. The fourth-order valence-electron chi connectivity index (χ4n) is 2.32. The number of rotatable bonds is 7. The van der Waals surface area contributed by atoms with Gasteiger partial charge in [-0.1, -0.05) is 0 Å². The van der Waals surface area contributed by atoms with E-state index in [1.54, 1.807) is 6.92 Å². The number of aromatic nitrogens is 1. The smallest absolute Gasteiger partial charge is 0.251 e. The van der Waals surface area contributed by atoms with Gasteiger partial charge in [-0.05, 0) is 39.0 Å². The molecule has 0 unspecified atom stereocenters. The Morgan fingerprint density at radius 1 is 1.43 bits per heavy atom. The van der Waals surface area contributed by atoms with E-state index in [0.717, 1.165) is 30.7 Å². The van der Waals surface area contributed by atoms with E-state index in [0.29, 0.717) is 25.6 Å². The van der Waals surface area contributed by atoms with Crippen LogP contribution in [0, 0.1) is 6.92 Å². The summed E-state index contributed by atoms with van der Waals surface area (Å²) in [6.45, 7) is 2.74. The molecule has 1 aromatic heterocycles. The van der Waals surface area contributed by atoms with Crippen molar-refractivity contribution in [2.45, 2.75) is 55.4 Å². The quantitative estimate of drug-likeness (QED) is 0.736. The van der Waals surface area contributed by atoms with E-state index in [-0.39, 0.29) is 10.3 Å². The summed E-state index contributed by atoms with van der Waals surface area (Å²) in [5.41, 5.74) is 5.84. The Morgan fingerprint density at radius 2 is 2.14 bits per heavy atom. The van der Waals surface area contributed by atoms with Gasteiger partial charge in [0.1, 0.15) is 0 Å². The molecule has 3 N–H and O–H groups in total. The first-order valence-corrected chi connectivity index (χ1v) is 9.56. The number of sulfonamides is 1. The van der Waals surface area contributed by atoms with Crippen molar-refractivity contribution in [2.75, 3.05) is 13.2 Å². The molecule has 0 radical (unpaired) electrons. The number of nitrogens with zero attached hydrogens (tertiary/aromatic N) is 1. The average molecular weight is 333 g/mol. The van der Waals surface area contributed by atoms with Crippen LogP contribution in [0.15, 0.2) is 10.4 Å². The van der Waals surface area contributed by atoms with Gasteiger partial charge < -0.3 is 10.5 Å². The molecule has 0 amide bonds. The summed E-state index contributed by atoms with van der Waals surface area (Å²) < 4.78 is 32.5. The molecule has 0 saturated heterocycles. The molecule has 0 bridgehead atoms. The van der Waals surface area contributed by atoms with E-state index in [1.165, 1.54) is 17.5 Å². The van der Waals surface area contributed by atoms with Gasteiger partial charge in [0.2, 0.25) is 0 Å². The van der Waals surface area contributed by atoms with Gasteiger partial charge in [0.25, 0.3) is 10.0 Å². The molecule has 8 heteroatoms. The van der Waals surface area contributed by atoms with Crippen molar-refractivity contribution in [3.05, 3.63) is 11.2 Å². The van der Waals surface area contributed by atoms with Gasteiger partial charge in [0.05, 0.1) is 17.3 Å². The van der Waals surface area contributed by atoms with E-state index < -0.39 is 10.0 Å². The Morgan fingerprint density at radius 3 is 2.76 bits per heavy atom. The minimum atomic E-state index is -3.42. The Kier molecular flexibility index (Phi) is 6.12. The molecule has 1 aromatic rings. The Hall–Kier alpha value is -0.540. The highest BCUT2D eigenvalue weighted by atomic mass is 32.2. The highest BCUT2D eigenvalue weighted by molar-refractivity contribution is 7.91. The van der Waals surface area contributed by atoms with Crippen LogP contribution in [0.3, 0.4) is 0 Å². The molecule has 0 atom stereocenters. The molecule has 1 saturated carbocycles. The second kappa shape index (κ2) is 7.64. The van der Waals surface area contributed by atoms with Crippen molar-refractivity contribution in [1.82, 2.24) is 9.71 Å². The first kappa shape index (κ1) is 16.8. The highest BCUT2D eigenvalue weighted by Gasteiger charge is 2.19. The molecule has 0 aromatic carbocycles. The molecule has 0 spiro atoms. The molecule has 0 aliphatic heterocycles. The maximum atomic E-state index is 12.0. The Bertz CT molecular complexity index is 537. The number of aryl methyl sites for hydroxylation is 1. The monoisotopic (exact) mass is 333 g/mol. The first-order chi connectivity index (χ1) is 9.97. The van der Waals surface area contributed by atoms with E-state index in [9.17, 15) is 8.42 Å².